The molecule has 9 nitrogen and oxygen atoms in total. The molecule has 2 N–H and O–H groups in total. The fourth-order valence-electron chi connectivity index (χ4n) is 2.80. The molecule has 180 valence electrons. The van der Waals surface area contributed by atoms with E-state index < -0.39 is 20.2 Å². The maximum absolute atomic E-state index is 12.4. The van der Waals surface area contributed by atoms with Gasteiger partial charge in [-0.15, -0.1) is 8.57 Å². The maximum Gasteiger partial charge on any atom is 0.317 e. The van der Waals surface area contributed by atoms with Crippen LogP contribution in [0.15, 0.2) is 119 Å². The first kappa shape index (κ1) is 24.2. The van der Waals surface area contributed by atoms with Crippen LogP contribution in [0.1, 0.15) is 0 Å². The largest absolute Gasteiger partial charge is 0.457 e. The lowest BCUT2D eigenvalue weighted by Gasteiger charge is -2.10. The fourth-order valence-corrected chi connectivity index (χ4v) is 4.34. The Balaban J connectivity index is 1.36. The molecular weight excluding hydrogens is 492 g/mol. The number of benzene rings is 4. The van der Waals surface area contributed by atoms with Crippen LogP contribution in [0.3, 0.4) is 0 Å². The number of ether oxygens (including phenoxy) is 1. The molecule has 0 aliphatic heterocycles. The third-order valence-electron chi connectivity index (χ3n) is 4.55. The third kappa shape index (κ3) is 6.58. The minimum absolute atomic E-state index is 0.0715. The van der Waals surface area contributed by atoms with Crippen molar-refractivity contribution in [3.05, 3.63) is 109 Å². The Morgan fingerprint density at radius 3 is 1.14 bits per heavy atom. The predicted molar refractivity (Wildman–Crippen MR) is 130 cm³/mol. The molecule has 11 heteroatoms. The van der Waals surface area contributed by atoms with Crippen LogP contribution in [-0.2, 0) is 28.8 Å². The lowest BCUT2D eigenvalue weighted by Crippen LogP contribution is -2.11. The van der Waals surface area contributed by atoms with Crippen LogP contribution in [-0.4, -0.2) is 16.8 Å². The van der Waals surface area contributed by atoms with E-state index in [1.54, 1.807) is 60.7 Å². The Hall–Kier alpha value is -3.90. The highest BCUT2D eigenvalue weighted by atomic mass is 32.2. The average molecular weight is 513 g/mol. The van der Waals surface area contributed by atoms with Crippen molar-refractivity contribution in [2.24, 2.45) is 0 Å². The van der Waals surface area contributed by atoms with Gasteiger partial charge in [0.15, 0.2) is 0 Å². The van der Waals surface area contributed by atoms with Gasteiger partial charge in [0.1, 0.15) is 11.5 Å². The van der Waals surface area contributed by atoms with Gasteiger partial charge in [-0.25, -0.2) is 11.0 Å². The molecule has 0 amide bonds. The standard InChI is InChI=1S/C24H20N2O7S2/c27-34(28,32-25-19-7-3-1-4-8-19)23-15-11-21(12-16-23)31-22-13-17-24(18-14-22)35(29,30)33-26-20-9-5-2-6-10-20/h1-18,25-26H. The van der Waals surface area contributed by atoms with Crippen molar-refractivity contribution >= 4 is 31.6 Å². The van der Waals surface area contributed by atoms with Crippen LogP contribution in [0.4, 0.5) is 11.4 Å². The number of hydrogen-bond acceptors (Lipinski definition) is 9. The number of rotatable bonds is 10. The van der Waals surface area contributed by atoms with Gasteiger partial charge in [-0.05, 0) is 72.8 Å². The van der Waals surface area contributed by atoms with Crippen molar-refractivity contribution in [3.63, 3.8) is 0 Å². The molecule has 0 aromatic heterocycles. The Morgan fingerprint density at radius 2 is 0.800 bits per heavy atom. The van der Waals surface area contributed by atoms with Crippen molar-refractivity contribution in [1.29, 1.82) is 0 Å². The average Bonchev–Trinajstić information content (AvgIpc) is 2.88. The summed E-state index contributed by atoms with van der Waals surface area (Å²) < 4.78 is 64.8. The summed E-state index contributed by atoms with van der Waals surface area (Å²) in [6.45, 7) is 0. The minimum Gasteiger partial charge on any atom is -0.457 e. The Labute approximate surface area is 203 Å². The molecule has 4 rings (SSSR count). The second kappa shape index (κ2) is 10.6. The molecule has 0 aliphatic carbocycles. The van der Waals surface area contributed by atoms with Gasteiger partial charge in [0, 0.05) is 0 Å². The second-order valence-electron chi connectivity index (χ2n) is 7.06. The normalized spacial score (nSPS) is 11.5. The molecule has 0 bridgehead atoms. The smallest absolute Gasteiger partial charge is 0.317 e. The van der Waals surface area contributed by atoms with E-state index in [1.165, 1.54) is 48.5 Å². The lowest BCUT2D eigenvalue weighted by atomic mass is 10.3. The van der Waals surface area contributed by atoms with E-state index in [4.69, 9.17) is 13.3 Å². The van der Waals surface area contributed by atoms with E-state index in [0.717, 1.165) is 0 Å². The van der Waals surface area contributed by atoms with Gasteiger partial charge in [0.2, 0.25) is 0 Å². The molecule has 0 saturated heterocycles. The molecule has 4 aromatic carbocycles. The highest BCUT2D eigenvalue weighted by Gasteiger charge is 2.17. The van der Waals surface area contributed by atoms with Crippen molar-refractivity contribution in [2.75, 3.05) is 11.0 Å². The van der Waals surface area contributed by atoms with Gasteiger partial charge in [0.25, 0.3) is 0 Å². The summed E-state index contributed by atoms with van der Waals surface area (Å²) in [7, 11) is -8.10. The summed E-state index contributed by atoms with van der Waals surface area (Å²) in [4.78, 5) is -0.143. The Kier molecular flexibility index (Phi) is 7.32. The highest BCUT2D eigenvalue weighted by Crippen LogP contribution is 2.25. The zero-order chi connectivity index (χ0) is 24.7. The lowest BCUT2D eigenvalue weighted by molar-refractivity contribution is 0.389. The Bertz CT molecular complexity index is 1350. The summed E-state index contributed by atoms with van der Waals surface area (Å²) in [5, 5.41) is 0. The molecule has 0 saturated carbocycles. The Morgan fingerprint density at radius 1 is 0.457 bits per heavy atom. The van der Waals surface area contributed by atoms with Gasteiger partial charge in [-0.2, -0.15) is 16.8 Å². The number of hydrogen-bond donors (Lipinski definition) is 2. The number of nitrogens with one attached hydrogen (secondary N) is 2. The molecule has 35 heavy (non-hydrogen) atoms. The topological polar surface area (TPSA) is 120 Å². The van der Waals surface area contributed by atoms with E-state index in [-0.39, 0.29) is 9.79 Å². The van der Waals surface area contributed by atoms with Gasteiger partial charge >= 0.3 is 20.2 Å². The van der Waals surface area contributed by atoms with E-state index in [0.29, 0.717) is 22.9 Å². The van der Waals surface area contributed by atoms with Gasteiger partial charge in [-0.3, -0.25) is 0 Å². The molecular formula is C24H20N2O7S2. The van der Waals surface area contributed by atoms with Crippen molar-refractivity contribution in [2.45, 2.75) is 9.79 Å². The van der Waals surface area contributed by atoms with E-state index in [2.05, 4.69) is 11.0 Å². The molecule has 0 atom stereocenters. The first-order chi connectivity index (χ1) is 16.8. The summed E-state index contributed by atoms with van der Waals surface area (Å²) in [6.07, 6.45) is 0. The molecule has 0 aliphatic rings. The fraction of sp³-hybridized carbons (Fsp3) is 0. The van der Waals surface area contributed by atoms with Crippen LogP contribution in [0.5, 0.6) is 11.5 Å². The first-order valence-corrected chi connectivity index (χ1v) is 13.0. The molecule has 0 spiro atoms. The molecule has 0 unspecified atom stereocenters. The monoisotopic (exact) mass is 512 g/mol. The zero-order valence-electron chi connectivity index (χ0n) is 18.1. The van der Waals surface area contributed by atoms with Gasteiger partial charge < -0.3 is 4.74 Å². The number of para-hydroxylation sites is 2. The zero-order valence-corrected chi connectivity index (χ0v) is 19.7. The summed E-state index contributed by atoms with van der Waals surface area (Å²) >= 11 is 0. The summed E-state index contributed by atoms with van der Waals surface area (Å²) in [6, 6.07) is 28.3. The van der Waals surface area contributed by atoms with Crippen LogP contribution in [0.2, 0.25) is 0 Å². The van der Waals surface area contributed by atoms with E-state index in [1.807, 2.05) is 0 Å². The quantitative estimate of drug-likeness (QED) is 0.285. The molecule has 0 heterocycles. The minimum atomic E-state index is -4.05. The van der Waals surface area contributed by atoms with Crippen molar-refractivity contribution < 1.29 is 30.1 Å². The van der Waals surface area contributed by atoms with Crippen molar-refractivity contribution in [3.8, 4) is 11.5 Å². The maximum atomic E-state index is 12.4. The van der Waals surface area contributed by atoms with E-state index >= 15 is 0 Å². The first-order valence-electron chi connectivity index (χ1n) is 10.2. The summed E-state index contributed by atoms with van der Waals surface area (Å²) in [5.41, 5.74) is 5.76. The number of anilines is 2. The highest BCUT2D eigenvalue weighted by molar-refractivity contribution is 7.87. The van der Waals surface area contributed by atoms with Crippen LogP contribution >= 0.6 is 0 Å². The van der Waals surface area contributed by atoms with Crippen molar-refractivity contribution in [1.82, 2.24) is 0 Å². The SMILES string of the molecule is O=S(=O)(ONc1ccccc1)c1ccc(Oc2ccc(S(=O)(=O)ONc3ccccc3)cc2)cc1. The molecule has 0 fully saturated rings. The van der Waals surface area contributed by atoms with Crippen LogP contribution < -0.4 is 15.7 Å². The molecule has 4 aromatic rings. The third-order valence-corrected chi connectivity index (χ3v) is 6.85. The van der Waals surface area contributed by atoms with Gasteiger partial charge in [0.05, 0.1) is 21.2 Å². The molecule has 0 radical (unpaired) electrons. The van der Waals surface area contributed by atoms with Crippen LogP contribution in [0.25, 0.3) is 0 Å². The second-order valence-corrected chi connectivity index (χ2v) is 10.1. The summed E-state index contributed by atoms with van der Waals surface area (Å²) in [5.74, 6) is 0.690. The van der Waals surface area contributed by atoms with E-state index in [9.17, 15) is 16.8 Å². The van der Waals surface area contributed by atoms with Crippen LogP contribution in [0, 0.1) is 0 Å². The predicted octanol–water partition coefficient (Wildman–Crippen LogP) is 4.94. The van der Waals surface area contributed by atoms with Gasteiger partial charge in [-0.1, -0.05) is 36.4 Å².